The van der Waals surface area contributed by atoms with Gasteiger partial charge in [-0.3, -0.25) is 9.69 Å². The quantitative estimate of drug-likeness (QED) is 0.857. The van der Waals surface area contributed by atoms with Gasteiger partial charge in [0.2, 0.25) is 5.91 Å². The van der Waals surface area contributed by atoms with Crippen molar-refractivity contribution in [3.8, 4) is 5.75 Å². The number of likely N-dealkylation sites (tertiary alicyclic amines) is 2. The lowest BCUT2D eigenvalue weighted by Gasteiger charge is -2.39. The number of carbonyl (C=O) groups is 2. The Kier molecular flexibility index (Phi) is 5.75. The third-order valence-corrected chi connectivity index (χ3v) is 6.33. The second-order valence-electron chi connectivity index (χ2n) is 8.09. The van der Waals surface area contributed by atoms with E-state index in [4.69, 9.17) is 4.74 Å². The number of benzene rings is 1. The Balaban J connectivity index is 1.50. The van der Waals surface area contributed by atoms with Crippen LogP contribution in [0.25, 0.3) is 0 Å². The first-order chi connectivity index (χ1) is 12.8. The molecule has 2 aliphatic heterocycles. The number of rotatable bonds is 5. The molecule has 1 aromatic rings. The van der Waals surface area contributed by atoms with Crippen molar-refractivity contribution in [2.75, 3.05) is 32.8 Å². The van der Waals surface area contributed by atoms with Crippen LogP contribution in [-0.2, 0) is 9.59 Å². The van der Waals surface area contributed by atoms with Crippen LogP contribution in [0.4, 0.5) is 0 Å². The third kappa shape index (κ3) is 4.26. The maximum atomic E-state index is 11.8. The zero-order valence-corrected chi connectivity index (χ0v) is 16.5. The molecule has 1 amide bonds. The van der Waals surface area contributed by atoms with Crippen LogP contribution in [0.15, 0.2) is 18.2 Å². The Morgan fingerprint density at radius 1 is 1.26 bits per heavy atom. The van der Waals surface area contributed by atoms with Gasteiger partial charge >= 0.3 is 5.97 Å². The summed E-state index contributed by atoms with van der Waals surface area (Å²) < 4.78 is 5.96. The average Bonchev–Trinajstić information content (AvgIpc) is 3.01. The third-order valence-electron chi connectivity index (χ3n) is 6.33. The smallest absolute Gasteiger partial charge is 0.326 e. The van der Waals surface area contributed by atoms with E-state index in [1.54, 1.807) is 4.90 Å². The molecule has 0 radical (unpaired) electrons. The van der Waals surface area contributed by atoms with Crippen LogP contribution < -0.4 is 4.74 Å². The summed E-state index contributed by atoms with van der Waals surface area (Å²) in [6, 6.07) is 5.45. The molecule has 27 heavy (non-hydrogen) atoms. The monoisotopic (exact) mass is 374 g/mol. The highest BCUT2D eigenvalue weighted by molar-refractivity contribution is 5.83. The number of aryl methyl sites for hydroxylation is 1. The molecule has 6 nitrogen and oxygen atoms in total. The van der Waals surface area contributed by atoms with Gasteiger partial charge in [0.15, 0.2) is 0 Å². The first kappa shape index (κ1) is 19.7. The molecule has 148 valence electrons. The van der Waals surface area contributed by atoms with Crippen molar-refractivity contribution in [2.45, 2.75) is 46.1 Å². The van der Waals surface area contributed by atoms with E-state index in [0.29, 0.717) is 19.6 Å². The van der Waals surface area contributed by atoms with E-state index in [0.717, 1.165) is 38.2 Å². The minimum absolute atomic E-state index is 0.0424. The first-order valence-electron chi connectivity index (χ1n) is 9.73. The van der Waals surface area contributed by atoms with E-state index >= 15 is 0 Å². The molecule has 2 fully saturated rings. The highest BCUT2D eigenvalue weighted by Gasteiger charge is 2.48. The Morgan fingerprint density at radius 2 is 1.96 bits per heavy atom. The molecule has 1 unspecified atom stereocenters. The topological polar surface area (TPSA) is 70.1 Å². The zero-order valence-electron chi connectivity index (χ0n) is 16.5. The van der Waals surface area contributed by atoms with E-state index in [1.807, 2.05) is 12.1 Å². The standard InChI is InChI=1S/C21H30N2O4/c1-15-5-4-6-19(16(15)2)27-12-11-22-9-7-21(8-10-22)13-18(20(25)26)23(14-21)17(3)24/h4-6,18H,7-14H2,1-3H3,(H,25,26). The van der Waals surface area contributed by atoms with Crippen LogP contribution >= 0.6 is 0 Å². The molecular formula is C21H30N2O4. The van der Waals surface area contributed by atoms with Gasteiger partial charge in [-0.2, -0.15) is 0 Å². The summed E-state index contributed by atoms with van der Waals surface area (Å²) >= 11 is 0. The van der Waals surface area contributed by atoms with E-state index in [9.17, 15) is 14.7 Å². The molecular weight excluding hydrogens is 344 g/mol. The molecule has 2 aliphatic rings. The van der Waals surface area contributed by atoms with Crippen molar-refractivity contribution in [1.82, 2.24) is 9.80 Å². The second kappa shape index (κ2) is 7.89. The van der Waals surface area contributed by atoms with Crippen LogP contribution in [0.5, 0.6) is 5.75 Å². The summed E-state index contributed by atoms with van der Waals surface area (Å²) in [5.74, 6) is -0.0734. The minimum atomic E-state index is -0.883. The number of aliphatic carboxylic acids is 1. The van der Waals surface area contributed by atoms with Gasteiger partial charge in [-0.1, -0.05) is 12.1 Å². The molecule has 0 saturated carbocycles. The predicted octanol–water partition coefficient (Wildman–Crippen LogP) is 2.47. The molecule has 2 saturated heterocycles. The number of carboxylic acids is 1. The molecule has 0 aliphatic carbocycles. The Hall–Kier alpha value is -2.08. The number of carbonyl (C=O) groups excluding carboxylic acids is 1. The summed E-state index contributed by atoms with van der Waals surface area (Å²) in [6.07, 6.45) is 2.45. The lowest BCUT2D eigenvalue weighted by molar-refractivity contribution is -0.147. The average molecular weight is 374 g/mol. The molecule has 0 bridgehead atoms. The van der Waals surface area contributed by atoms with Gasteiger partial charge in [0.25, 0.3) is 0 Å². The number of carboxylic acid groups (broad SMARTS) is 1. The molecule has 2 heterocycles. The molecule has 3 rings (SSSR count). The summed E-state index contributed by atoms with van der Waals surface area (Å²) in [5, 5.41) is 9.44. The number of hydrogen-bond acceptors (Lipinski definition) is 4. The van der Waals surface area contributed by atoms with E-state index < -0.39 is 12.0 Å². The normalized spacial score (nSPS) is 22.2. The van der Waals surface area contributed by atoms with Crippen molar-refractivity contribution in [2.24, 2.45) is 5.41 Å². The number of amides is 1. The van der Waals surface area contributed by atoms with Crippen LogP contribution in [-0.4, -0.2) is 65.6 Å². The summed E-state index contributed by atoms with van der Waals surface area (Å²) in [7, 11) is 0. The summed E-state index contributed by atoms with van der Waals surface area (Å²) in [6.45, 7) is 9.57. The Labute approximate surface area is 161 Å². The fraction of sp³-hybridized carbons (Fsp3) is 0.619. The fourth-order valence-electron chi connectivity index (χ4n) is 4.39. The largest absolute Gasteiger partial charge is 0.492 e. The molecule has 1 aromatic carbocycles. The molecule has 1 spiro atoms. The van der Waals surface area contributed by atoms with Gasteiger partial charge in [0.05, 0.1) is 0 Å². The number of nitrogens with zero attached hydrogens (tertiary/aromatic N) is 2. The van der Waals surface area contributed by atoms with Crippen molar-refractivity contribution in [3.63, 3.8) is 0 Å². The maximum Gasteiger partial charge on any atom is 0.326 e. The van der Waals surface area contributed by atoms with Crippen LogP contribution in [0.2, 0.25) is 0 Å². The lowest BCUT2D eigenvalue weighted by atomic mass is 9.76. The maximum absolute atomic E-state index is 11.8. The Morgan fingerprint density at radius 3 is 2.56 bits per heavy atom. The van der Waals surface area contributed by atoms with Crippen molar-refractivity contribution < 1.29 is 19.4 Å². The van der Waals surface area contributed by atoms with Crippen molar-refractivity contribution in [1.29, 1.82) is 0 Å². The number of hydrogen-bond donors (Lipinski definition) is 1. The Bertz CT molecular complexity index is 686. The molecule has 1 atom stereocenters. The predicted molar refractivity (Wildman–Crippen MR) is 103 cm³/mol. The van der Waals surface area contributed by atoms with Gasteiger partial charge in [0, 0.05) is 20.0 Å². The highest BCUT2D eigenvalue weighted by Crippen LogP contribution is 2.43. The van der Waals surface area contributed by atoms with E-state index in [1.165, 1.54) is 18.1 Å². The van der Waals surface area contributed by atoms with Gasteiger partial charge in [-0.05, 0) is 68.8 Å². The summed E-state index contributed by atoms with van der Waals surface area (Å²) in [4.78, 5) is 27.2. The second-order valence-corrected chi connectivity index (χ2v) is 8.09. The van der Waals surface area contributed by atoms with Gasteiger partial charge in [0.1, 0.15) is 18.4 Å². The lowest BCUT2D eigenvalue weighted by Crippen LogP contribution is -2.43. The van der Waals surface area contributed by atoms with Crippen molar-refractivity contribution in [3.05, 3.63) is 29.3 Å². The van der Waals surface area contributed by atoms with E-state index in [-0.39, 0.29) is 11.3 Å². The molecule has 0 aromatic heterocycles. The highest BCUT2D eigenvalue weighted by atomic mass is 16.5. The number of piperidine rings is 1. The van der Waals surface area contributed by atoms with Gasteiger partial charge in [-0.15, -0.1) is 0 Å². The molecule has 6 heteroatoms. The van der Waals surface area contributed by atoms with Gasteiger partial charge in [-0.25, -0.2) is 4.79 Å². The first-order valence-corrected chi connectivity index (χ1v) is 9.73. The molecule has 1 N–H and O–H groups in total. The minimum Gasteiger partial charge on any atom is -0.492 e. The van der Waals surface area contributed by atoms with Crippen LogP contribution in [0.1, 0.15) is 37.3 Å². The van der Waals surface area contributed by atoms with Gasteiger partial charge < -0.3 is 14.7 Å². The van der Waals surface area contributed by atoms with E-state index in [2.05, 4.69) is 24.8 Å². The van der Waals surface area contributed by atoms with Crippen LogP contribution in [0.3, 0.4) is 0 Å². The fourth-order valence-corrected chi connectivity index (χ4v) is 4.39. The van der Waals surface area contributed by atoms with Crippen LogP contribution in [0, 0.1) is 19.3 Å². The number of ether oxygens (including phenoxy) is 1. The SMILES string of the molecule is CC(=O)N1CC2(CCN(CCOc3cccc(C)c3C)CC2)CC1C(=O)O. The summed E-state index contributed by atoms with van der Waals surface area (Å²) in [5.41, 5.74) is 2.38. The van der Waals surface area contributed by atoms with Crippen molar-refractivity contribution >= 4 is 11.9 Å². The zero-order chi connectivity index (χ0) is 19.6.